The van der Waals surface area contributed by atoms with Crippen molar-refractivity contribution in [3.05, 3.63) is 30.3 Å². The summed E-state index contributed by atoms with van der Waals surface area (Å²) in [4.78, 5) is 13.7. The maximum absolute atomic E-state index is 11.9. The number of benzene rings is 1. The first-order valence-electron chi connectivity index (χ1n) is 7.05. The Hall–Kier alpha value is -1.71. The van der Waals surface area contributed by atoms with E-state index in [4.69, 9.17) is 9.47 Å². The number of piperidine rings is 1. The molecule has 0 bridgehead atoms. The minimum atomic E-state index is -0.440. The molecule has 0 aromatic heterocycles. The van der Waals surface area contributed by atoms with Crippen LogP contribution in [0.4, 0.5) is 4.79 Å². The predicted octanol–water partition coefficient (Wildman–Crippen LogP) is 3.27. The Morgan fingerprint density at radius 1 is 1.35 bits per heavy atom. The molecule has 0 unspecified atom stereocenters. The summed E-state index contributed by atoms with van der Waals surface area (Å²) in [5.41, 5.74) is -0.440. The van der Waals surface area contributed by atoms with Crippen LogP contribution >= 0.6 is 0 Å². The molecule has 0 saturated carbocycles. The molecule has 0 N–H and O–H groups in total. The van der Waals surface area contributed by atoms with Crippen LogP contribution in [-0.4, -0.2) is 35.8 Å². The molecule has 4 heteroatoms. The first kappa shape index (κ1) is 14.7. The molecule has 1 radical (unpaired) electrons. The van der Waals surface area contributed by atoms with Gasteiger partial charge in [0.05, 0.1) is 0 Å². The van der Waals surface area contributed by atoms with Crippen LogP contribution in [0.2, 0.25) is 0 Å². The van der Waals surface area contributed by atoms with Crippen molar-refractivity contribution in [1.29, 1.82) is 0 Å². The molecular weight excluding hydrogens is 254 g/mol. The maximum atomic E-state index is 11.9. The van der Waals surface area contributed by atoms with Crippen LogP contribution in [0.1, 0.15) is 33.6 Å². The van der Waals surface area contributed by atoms with Gasteiger partial charge in [0, 0.05) is 25.9 Å². The van der Waals surface area contributed by atoms with E-state index in [9.17, 15) is 4.79 Å². The van der Waals surface area contributed by atoms with Gasteiger partial charge >= 0.3 is 6.09 Å². The number of carbonyl (C=O) groups excluding carboxylic acids is 1. The van der Waals surface area contributed by atoms with Crippen molar-refractivity contribution in [1.82, 2.24) is 4.90 Å². The van der Waals surface area contributed by atoms with E-state index in [1.165, 1.54) is 0 Å². The van der Waals surface area contributed by atoms with Crippen molar-refractivity contribution < 1.29 is 14.3 Å². The molecule has 0 spiro atoms. The van der Waals surface area contributed by atoms with E-state index < -0.39 is 5.60 Å². The van der Waals surface area contributed by atoms with Gasteiger partial charge in [0.1, 0.15) is 17.5 Å². The number of ether oxygens (including phenoxy) is 2. The zero-order valence-corrected chi connectivity index (χ0v) is 12.4. The molecular formula is C16H22NO3. The number of hydrogen-bond donors (Lipinski definition) is 0. The van der Waals surface area contributed by atoms with Crippen molar-refractivity contribution in [2.45, 2.75) is 45.3 Å². The lowest BCUT2D eigenvalue weighted by molar-refractivity contribution is 0.0126. The summed E-state index contributed by atoms with van der Waals surface area (Å²) in [7, 11) is 0. The van der Waals surface area contributed by atoms with E-state index in [2.05, 4.69) is 6.07 Å². The number of carbonyl (C=O) groups is 1. The molecule has 2 rings (SSSR count). The lowest BCUT2D eigenvalue weighted by Gasteiger charge is -2.33. The predicted molar refractivity (Wildman–Crippen MR) is 76.7 cm³/mol. The second-order valence-electron chi connectivity index (χ2n) is 6.02. The third-order valence-electron chi connectivity index (χ3n) is 3.07. The summed E-state index contributed by atoms with van der Waals surface area (Å²) in [6.07, 6.45) is 1.58. The molecule has 20 heavy (non-hydrogen) atoms. The molecule has 1 aromatic rings. The lowest BCUT2D eigenvalue weighted by atomic mass is 10.1. The van der Waals surface area contributed by atoms with Gasteiger partial charge in [-0.15, -0.1) is 0 Å². The fourth-order valence-electron chi connectivity index (χ4n) is 2.13. The summed E-state index contributed by atoms with van der Waals surface area (Å²) in [5, 5.41) is 0. The second kappa shape index (κ2) is 6.16. The molecule has 1 aliphatic rings. The van der Waals surface area contributed by atoms with Crippen LogP contribution < -0.4 is 4.74 Å². The van der Waals surface area contributed by atoms with Crippen LogP contribution in [-0.2, 0) is 4.74 Å². The molecule has 1 amide bonds. The summed E-state index contributed by atoms with van der Waals surface area (Å²) in [6.45, 7) is 7.00. The SMILES string of the molecule is CC(C)(C)OC(=O)N1CCC(Oc2c[c]ccc2)CC1. The third-order valence-corrected chi connectivity index (χ3v) is 3.07. The van der Waals surface area contributed by atoms with Gasteiger partial charge in [-0.05, 0) is 39.0 Å². The smallest absolute Gasteiger partial charge is 0.410 e. The molecule has 0 atom stereocenters. The number of likely N-dealkylation sites (tertiary alicyclic amines) is 1. The monoisotopic (exact) mass is 276 g/mol. The van der Waals surface area contributed by atoms with Crippen LogP contribution in [0.5, 0.6) is 5.75 Å². The van der Waals surface area contributed by atoms with Crippen LogP contribution in [0.25, 0.3) is 0 Å². The standard InChI is InChI=1S/C16H22NO3/c1-16(2,3)20-15(18)17-11-9-14(10-12-17)19-13-7-5-4-6-8-13/h4-5,7-8,14H,9-12H2,1-3H3. The van der Waals surface area contributed by atoms with Gasteiger partial charge in [-0.3, -0.25) is 0 Å². The van der Waals surface area contributed by atoms with E-state index >= 15 is 0 Å². The minimum Gasteiger partial charge on any atom is -0.490 e. The highest BCUT2D eigenvalue weighted by molar-refractivity contribution is 5.68. The summed E-state index contributed by atoms with van der Waals surface area (Å²) in [6, 6.07) is 10.5. The molecule has 4 nitrogen and oxygen atoms in total. The molecule has 1 heterocycles. The van der Waals surface area contributed by atoms with Crippen molar-refractivity contribution in [3.8, 4) is 5.75 Å². The number of nitrogens with zero attached hydrogens (tertiary/aromatic N) is 1. The van der Waals surface area contributed by atoms with Gasteiger partial charge < -0.3 is 14.4 Å². The lowest BCUT2D eigenvalue weighted by Crippen LogP contribution is -2.44. The Morgan fingerprint density at radius 2 is 2.05 bits per heavy atom. The average molecular weight is 276 g/mol. The molecule has 109 valence electrons. The van der Waals surface area contributed by atoms with Crippen molar-refractivity contribution in [2.24, 2.45) is 0 Å². The highest BCUT2D eigenvalue weighted by atomic mass is 16.6. The largest absolute Gasteiger partial charge is 0.490 e. The first-order valence-corrected chi connectivity index (χ1v) is 7.05. The van der Waals surface area contributed by atoms with Crippen LogP contribution in [0.3, 0.4) is 0 Å². The van der Waals surface area contributed by atoms with Gasteiger partial charge in [-0.2, -0.15) is 0 Å². The highest BCUT2D eigenvalue weighted by Gasteiger charge is 2.27. The van der Waals surface area contributed by atoms with Gasteiger partial charge in [0.2, 0.25) is 0 Å². The Labute approximate surface area is 120 Å². The summed E-state index contributed by atoms with van der Waals surface area (Å²) >= 11 is 0. The summed E-state index contributed by atoms with van der Waals surface area (Å²) in [5.74, 6) is 0.836. The molecule has 0 aliphatic carbocycles. The topological polar surface area (TPSA) is 38.8 Å². The van der Waals surface area contributed by atoms with Crippen molar-refractivity contribution in [2.75, 3.05) is 13.1 Å². The maximum Gasteiger partial charge on any atom is 0.410 e. The van der Waals surface area contributed by atoms with Gasteiger partial charge in [0.25, 0.3) is 0 Å². The highest BCUT2D eigenvalue weighted by Crippen LogP contribution is 2.20. The third kappa shape index (κ3) is 4.44. The Bertz CT molecular complexity index is 431. The zero-order valence-electron chi connectivity index (χ0n) is 12.4. The van der Waals surface area contributed by atoms with Gasteiger partial charge in [-0.1, -0.05) is 12.1 Å². The summed E-state index contributed by atoms with van der Waals surface area (Å²) < 4.78 is 11.2. The van der Waals surface area contributed by atoms with Gasteiger partial charge in [-0.25, -0.2) is 4.79 Å². The average Bonchev–Trinajstić information content (AvgIpc) is 2.39. The molecule has 1 fully saturated rings. The molecule has 1 aromatic carbocycles. The second-order valence-corrected chi connectivity index (χ2v) is 6.02. The van der Waals surface area contributed by atoms with Gasteiger partial charge in [0.15, 0.2) is 0 Å². The molecule has 1 aliphatic heterocycles. The quantitative estimate of drug-likeness (QED) is 0.832. The fourth-order valence-corrected chi connectivity index (χ4v) is 2.13. The number of hydrogen-bond acceptors (Lipinski definition) is 3. The molecule has 1 saturated heterocycles. The fraction of sp³-hybridized carbons (Fsp3) is 0.562. The van der Waals surface area contributed by atoms with Crippen molar-refractivity contribution in [3.63, 3.8) is 0 Å². The van der Waals surface area contributed by atoms with E-state index in [1.807, 2.05) is 45.0 Å². The van der Waals surface area contributed by atoms with Crippen molar-refractivity contribution >= 4 is 6.09 Å². The van der Waals surface area contributed by atoms with Crippen LogP contribution in [0, 0.1) is 6.07 Å². The zero-order chi connectivity index (χ0) is 14.6. The normalized spacial score (nSPS) is 16.9. The Balaban J connectivity index is 1.79. The number of rotatable bonds is 2. The van der Waals surface area contributed by atoms with E-state index in [-0.39, 0.29) is 12.2 Å². The minimum absolute atomic E-state index is 0.157. The van der Waals surface area contributed by atoms with Crippen LogP contribution in [0.15, 0.2) is 24.3 Å². The first-order chi connectivity index (χ1) is 9.44. The Kier molecular flexibility index (Phi) is 4.53. The van der Waals surface area contributed by atoms with E-state index in [0.717, 1.165) is 18.6 Å². The number of amides is 1. The van der Waals surface area contributed by atoms with E-state index in [0.29, 0.717) is 13.1 Å². The Morgan fingerprint density at radius 3 is 2.60 bits per heavy atom. The van der Waals surface area contributed by atoms with E-state index in [1.54, 1.807) is 4.90 Å².